The Balaban J connectivity index is 1.24. The van der Waals surface area contributed by atoms with E-state index in [-0.39, 0.29) is 31.5 Å². The van der Waals surface area contributed by atoms with Gasteiger partial charge in [0.2, 0.25) is 19.2 Å². The van der Waals surface area contributed by atoms with Gasteiger partial charge in [0, 0.05) is 46.8 Å². The van der Waals surface area contributed by atoms with E-state index >= 15 is 4.39 Å². The number of ether oxygens (including phenoxy) is 3. The first-order chi connectivity index (χ1) is 31.0. The number of rotatable bonds is 15. The molecule has 2 aromatic heterocycles. The van der Waals surface area contributed by atoms with Gasteiger partial charge in [-0.25, -0.2) is 19.2 Å². The monoisotopic (exact) mass is 958 g/mol. The average Bonchev–Trinajstić information content (AvgIpc) is 3.63. The number of nitrogens with zero attached hydrogens (tertiary/aromatic N) is 3. The van der Waals surface area contributed by atoms with E-state index in [1.165, 1.54) is 29.4 Å². The third kappa shape index (κ3) is 10.3. The van der Waals surface area contributed by atoms with Gasteiger partial charge in [0.05, 0.1) is 36.6 Å². The lowest BCUT2D eigenvalue weighted by atomic mass is 9.85. The van der Waals surface area contributed by atoms with Crippen LogP contribution < -0.4 is 25.4 Å². The standard InChI is InChI=1S/C46H55F4N6O8PS/c1-8-26-21-45(26,65(60,61)23-31-32(46(48,49)50)14-11-15-33(31)47)55-40(57)37-19-29(22-56(37)41(58)39(44(4,5)6)54-43(59)64-27-12-9-10-13-27)63-38-20-35(36-24-66-42(53-36)51-25(2)3)52-34-18-28(62-7)16-17-30(34)38/h8,11,14-18,20,24-27,29,37,39H,1,9-10,12-13,19,21-23H2,2-7H3,(H,51,53)(H,54,59)(H,55,57)(H,60,61)/t26-,29-,37+,39-,45+/m1/s1. The van der Waals surface area contributed by atoms with E-state index in [0.29, 0.717) is 57.8 Å². The molecule has 6 atom stereocenters. The zero-order chi connectivity index (χ0) is 47.9. The maximum Gasteiger partial charge on any atom is 0.416 e. The van der Waals surface area contributed by atoms with Crippen molar-refractivity contribution >= 4 is 52.6 Å². The van der Waals surface area contributed by atoms with Gasteiger partial charge >= 0.3 is 12.3 Å². The molecule has 7 rings (SSSR count). The number of pyridine rings is 1. The molecule has 0 spiro atoms. The van der Waals surface area contributed by atoms with Gasteiger partial charge in [-0.05, 0) is 75.6 Å². The van der Waals surface area contributed by atoms with E-state index < -0.39 is 89.4 Å². The Morgan fingerprint density at radius 1 is 1.08 bits per heavy atom. The number of benzene rings is 2. The quantitative estimate of drug-likeness (QED) is 0.0507. The number of hydrogen-bond donors (Lipinski definition) is 4. The SMILES string of the molecule is C=C[C@@H]1C[C@]1(NC(=O)[C@@H]1C[C@@H](Oc2cc(-c3csc(NC(C)C)n3)nc3cc(OC)ccc23)CN1C(=O)[C@@H](NC(=O)OC1CCCC1)C(C)(C)C)P(=O)(O)Cc1c(F)cccc1C(F)(F)F. The molecule has 0 radical (unpaired) electrons. The molecule has 1 aliphatic heterocycles. The van der Waals surface area contributed by atoms with Gasteiger partial charge < -0.3 is 40.0 Å². The largest absolute Gasteiger partial charge is 0.497 e. The highest BCUT2D eigenvalue weighted by molar-refractivity contribution is 7.59. The Bertz CT molecular complexity index is 2550. The number of fused-ring (bicyclic) bond motifs is 1. The van der Waals surface area contributed by atoms with Crippen molar-refractivity contribution in [2.45, 2.75) is 121 Å². The Kier molecular flexibility index (Phi) is 13.9. The minimum Gasteiger partial charge on any atom is -0.497 e. The molecule has 356 valence electrons. The molecule has 3 fully saturated rings. The number of methoxy groups -OCH3 is 1. The van der Waals surface area contributed by atoms with Crippen LogP contribution in [0.15, 0.2) is 60.5 Å². The van der Waals surface area contributed by atoms with E-state index in [4.69, 9.17) is 24.2 Å². The Morgan fingerprint density at radius 2 is 1.80 bits per heavy atom. The zero-order valence-corrected chi connectivity index (χ0v) is 39.2. The number of halogens is 4. The first-order valence-corrected chi connectivity index (χ1v) is 24.5. The lowest BCUT2D eigenvalue weighted by Gasteiger charge is -2.36. The third-order valence-corrected chi connectivity index (χ3v) is 15.7. The van der Waals surface area contributed by atoms with Gasteiger partial charge in [-0.1, -0.05) is 32.9 Å². The molecule has 3 amide bonds. The molecule has 4 N–H and O–H groups in total. The van der Waals surface area contributed by atoms with Crippen molar-refractivity contribution in [1.82, 2.24) is 25.5 Å². The molecule has 2 aliphatic carbocycles. The first-order valence-electron chi connectivity index (χ1n) is 21.8. The number of carbonyl (C=O) groups is 3. The van der Waals surface area contributed by atoms with Crippen LogP contribution in [0.5, 0.6) is 11.5 Å². The number of amides is 3. The van der Waals surface area contributed by atoms with Crippen LogP contribution in [-0.2, 0) is 31.2 Å². The van der Waals surface area contributed by atoms with E-state index in [1.807, 2.05) is 19.2 Å². The summed E-state index contributed by atoms with van der Waals surface area (Å²) in [7, 11) is -3.42. The number of likely N-dealkylation sites (tertiary alicyclic amines) is 1. The molecule has 1 saturated heterocycles. The zero-order valence-electron chi connectivity index (χ0n) is 37.5. The molecule has 20 heteroatoms. The number of aromatic nitrogens is 2. The van der Waals surface area contributed by atoms with Crippen LogP contribution in [0.3, 0.4) is 0 Å². The number of thiazole rings is 1. The van der Waals surface area contributed by atoms with Crippen LogP contribution in [0.1, 0.15) is 84.3 Å². The Hall–Kier alpha value is -5.26. The van der Waals surface area contributed by atoms with Crippen molar-refractivity contribution < 1.29 is 55.6 Å². The van der Waals surface area contributed by atoms with E-state index in [1.54, 1.807) is 45.0 Å². The van der Waals surface area contributed by atoms with Crippen LogP contribution in [-0.4, -0.2) is 86.9 Å². The molecule has 66 heavy (non-hydrogen) atoms. The Morgan fingerprint density at radius 3 is 2.44 bits per heavy atom. The molecular formula is C46H55F4N6O8PS. The van der Waals surface area contributed by atoms with Crippen LogP contribution in [0.2, 0.25) is 0 Å². The number of alkyl carbamates (subject to hydrolysis) is 1. The summed E-state index contributed by atoms with van der Waals surface area (Å²) in [5.74, 6) is -2.93. The molecular weight excluding hydrogens is 904 g/mol. The second-order valence-corrected chi connectivity index (χ2v) is 21.9. The summed E-state index contributed by atoms with van der Waals surface area (Å²) in [5.41, 5.74) is -1.84. The number of anilines is 1. The maximum absolute atomic E-state index is 15.1. The summed E-state index contributed by atoms with van der Waals surface area (Å²) >= 11 is 1.40. The van der Waals surface area contributed by atoms with Crippen molar-refractivity contribution in [1.29, 1.82) is 0 Å². The number of nitrogens with one attached hydrogen (secondary N) is 3. The van der Waals surface area contributed by atoms with Crippen molar-refractivity contribution in [2.75, 3.05) is 19.0 Å². The minimum atomic E-state index is -5.04. The molecule has 3 aliphatic rings. The fraction of sp³-hybridized carbons (Fsp3) is 0.500. The van der Waals surface area contributed by atoms with E-state index in [2.05, 4.69) is 22.5 Å². The number of hydrogen-bond acceptors (Lipinski definition) is 11. The van der Waals surface area contributed by atoms with Crippen LogP contribution in [0, 0.1) is 17.2 Å². The molecule has 4 aromatic rings. The smallest absolute Gasteiger partial charge is 0.416 e. The van der Waals surface area contributed by atoms with Gasteiger partial charge in [-0.3, -0.25) is 14.2 Å². The number of carbonyl (C=O) groups excluding carboxylic acids is 3. The lowest BCUT2D eigenvalue weighted by Crippen LogP contribution is -2.58. The average molecular weight is 959 g/mol. The van der Waals surface area contributed by atoms with Gasteiger partial charge in [0.1, 0.15) is 52.6 Å². The van der Waals surface area contributed by atoms with E-state index in [0.717, 1.165) is 25.0 Å². The fourth-order valence-corrected chi connectivity index (χ4v) is 12.0. The normalized spacial score (nSPS) is 22.4. The van der Waals surface area contributed by atoms with Crippen molar-refractivity contribution in [3.05, 3.63) is 77.4 Å². The molecule has 0 bridgehead atoms. The van der Waals surface area contributed by atoms with Gasteiger partial charge in [0.15, 0.2) is 5.13 Å². The molecule has 1 unspecified atom stereocenters. The van der Waals surface area contributed by atoms with Crippen molar-refractivity contribution in [3.63, 3.8) is 0 Å². The molecule has 2 aromatic carbocycles. The highest BCUT2D eigenvalue weighted by atomic mass is 32.1. The molecule has 14 nitrogen and oxygen atoms in total. The topological polar surface area (TPSA) is 181 Å². The summed E-state index contributed by atoms with van der Waals surface area (Å²) < 4.78 is 89.5. The number of alkyl halides is 3. The minimum absolute atomic E-state index is 0.122. The summed E-state index contributed by atoms with van der Waals surface area (Å²) in [6, 6.07) is 6.66. The van der Waals surface area contributed by atoms with Crippen molar-refractivity contribution in [3.8, 4) is 22.9 Å². The highest BCUT2D eigenvalue weighted by Crippen LogP contribution is 2.71. The molecule has 2 saturated carbocycles. The van der Waals surface area contributed by atoms with Crippen LogP contribution in [0.4, 0.5) is 27.5 Å². The maximum atomic E-state index is 15.1. The van der Waals surface area contributed by atoms with Crippen LogP contribution >= 0.6 is 18.7 Å². The second kappa shape index (κ2) is 18.8. The molecule has 3 heterocycles. The summed E-state index contributed by atoms with van der Waals surface area (Å²) in [5, 5.41) is 9.71. The van der Waals surface area contributed by atoms with Gasteiger partial charge in [-0.15, -0.1) is 17.9 Å². The van der Waals surface area contributed by atoms with Gasteiger partial charge in [0.25, 0.3) is 0 Å². The third-order valence-electron chi connectivity index (χ3n) is 12.3. The first kappa shape index (κ1) is 48.7. The van der Waals surface area contributed by atoms with Crippen molar-refractivity contribution in [2.24, 2.45) is 11.3 Å². The van der Waals surface area contributed by atoms with E-state index in [9.17, 15) is 37.0 Å². The summed E-state index contributed by atoms with van der Waals surface area (Å²) in [6.07, 6.45) is -4.19. The summed E-state index contributed by atoms with van der Waals surface area (Å²) in [6.45, 7) is 12.7. The predicted molar refractivity (Wildman–Crippen MR) is 242 cm³/mol. The predicted octanol–water partition coefficient (Wildman–Crippen LogP) is 9.27. The highest BCUT2D eigenvalue weighted by Gasteiger charge is 2.66. The van der Waals surface area contributed by atoms with Gasteiger partial charge in [-0.2, -0.15) is 13.2 Å². The summed E-state index contributed by atoms with van der Waals surface area (Å²) in [4.78, 5) is 65.4. The fourth-order valence-electron chi connectivity index (χ4n) is 8.74. The van der Waals surface area contributed by atoms with Crippen LogP contribution in [0.25, 0.3) is 22.3 Å². The second-order valence-electron chi connectivity index (χ2n) is 18.5. The Labute approximate surface area is 384 Å². The lowest BCUT2D eigenvalue weighted by molar-refractivity contribution is -0.142.